The quantitative estimate of drug-likeness (QED) is 0.585. The van der Waals surface area contributed by atoms with E-state index < -0.39 is 0 Å². The van der Waals surface area contributed by atoms with Crippen LogP contribution in [-0.4, -0.2) is 40.6 Å². The highest BCUT2D eigenvalue weighted by molar-refractivity contribution is 5.79. The first-order chi connectivity index (χ1) is 15.3. The molecule has 5 rings (SSSR count). The summed E-state index contributed by atoms with van der Waals surface area (Å²) in [6.07, 6.45) is 7.46. The summed E-state index contributed by atoms with van der Waals surface area (Å²) in [7, 11) is 0. The molecular formula is C26H26N2O3. The third kappa shape index (κ3) is 4.41. The fraction of sp³-hybridized carbons (Fsp3) is 0.308. The topological polar surface area (TPSA) is 51.7 Å². The fourth-order valence-corrected chi connectivity index (χ4v) is 4.83. The van der Waals surface area contributed by atoms with Gasteiger partial charge in [-0.2, -0.15) is 0 Å². The number of hydrogen-bond acceptors (Lipinski definition) is 4. The van der Waals surface area contributed by atoms with Gasteiger partial charge >= 0.3 is 0 Å². The highest BCUT2D eigenvalue weighted by atomic mass is 16.5. The Labute approximate surface area is 182 Å². The van der Waals surface area contributed by atoms with Crippen molar-refractivity contribution in [2.45, 2.75) is 43.9 Å². The SMILES string of the molecule is O=C(COc1ccc(-c2ccccc2)cc1)N1C2CCC1CC(Oc1ccncc1)C2. The van der Waals surface area contributed by atoms with Crippen LogP contribution in [0.3, 0.4) is 0 Å². The minimum atomic E-state index is 0.0713. The Morgan fingerprint density at radius 3 is 2.16 bits per heavy atom. The van der Waals surface area contributed by atoms with Crippen LogP contribution in [0.1, 0.15) is 25.7 Å². The van der Waals surface area contributed by atoms with Crippen LogP contribution in [0.15, 0.2) is 79.1 Å². The summed E-state index contributed by atoms with van der Waals surface area (Å²) < 4.78 is 12.0. The Balaban J connectivity index is 1.16. The summed E-state index contributed by atoms with van der Waals surface area (Å²) in [5.74, 6) is 1.64. The zero-order valence-corrected chi connectivity index (χ0v) is 17.4. The average Bonchev–Trinajstić information content (AvgIpc) is 3.09. The molecule has 158 valence electrons. The van der Waals surface area contributed by atoms with Crippen LogP contribution >= 0.6 is 0 Å². The van der Waals surface area contributed by atoms with Gasteiger partial charge in [-0.05, 0) is 48.2 Å². The van der Waals surface area contributed by atoms with Crippen LogP contribution in [0.25, 0.3) is 11.1 Å². The van der Waals surface area contributed by atoms with Crippen LogP contribution in [-0.2, 0) is 4.79 Å². The van der Waals surface area contributed by atoms with Crippen LogP contribution in [0.2, 0.25) is 0 Å². The highest BCUT2D eigenvalue weighted by Crippen LogP contribution is 2.37. The Morgan fingerprint density at radius 2 is 1.48 bits per heavy atom. The van der Waals surface area contributed by atoms with Crippen molar-refractivity contribution in [3.05, 3.63) is 79.1 Å². The number of piperidine rings is 1. The summed E-state index contributed by atoms with van der Waals surface area (Å²) >= 11 is 0. The molecule has 5 nitrogen and oxygen atoms in total. The molecule has 0 N–H and O–H groups in total. The van der Waals surface area contributed by atoms with E-state index in [9.17, 15) is 4.79 Å². The molecule has 2 unspecified atom stereocenters. The van der Waals surface area contributed by atoms with E-state index in [2.05, 4.69) is 17.1 Å². The molecule has 2 saturated heterocycles. The molecule has 2 aliphatic rings. The van der Waals surface area contributed by atoms with E-state index in [1.165, 1.54) is 5.56 Å². The lowest BCUT2D eigenvalue weighted by atomic mass is 9.99. The first kappa shape index (κ1) is 19.6. The molecule has 0 radical (unpaired) electrons. The predicted octanol–water partition coefficient (Wildman–Crippen LogP) is 4.73. The normalized spacial score (nSPS) is 22.2. The smallest absolute Gasteiger partial charge is 0.261 e. The monoisotopic (exact) mass is 414 g/mol. The van der Waals surface area contributed by atoms with Gasteiger partial charge in [0.15, 0.2) is 6.61 Å². The van der Waals surface area contributed by atoms with Crippen molar-refractivity contribution in [1.82, 2.24) is 9.88 Å². The summed E-state index contributed by atoms with van der Waals surface area (Å²) in [6, 6.07) is 22.4. The van der Waals surface area contributed by atoms with Gasteiger partial charge in [0.05, 0.1) is 0 Å². The minimum Gasteiger partial charge on any atom is -0.490 e. The Morgan fingerprint density at radius 1 is 0.839 bits per heavy atom. The lowest BCUT2D eigenvalue weighted by Crippen LogP contribution is -2.50. The average molecular weight is 415 g/mol. The molecule has 3 heterocycles. The number of nitrogens with zero attached hydrogens (tertiary/aromatic N) is 2. The lowest BCUT2D eigenvalue weighted by Gasteiger charge is -2.38. The zero-order valence-electron chi connectivity index (χ0n) is 17.4. The van der Waals surface area contributed by atoms with Gasteiger partial charge in [-0.1, -0.05) is 42.5 Å². The first-order valence-corrected chi connectivity index (χ1v) is 10.9. The maximum Gasteiger partial charge on any atom is 0.261 e. The molecule has 1 amide bonds. The summed E-state index contributed by atoms with van der Waals surface area (Å²) in [6.45, 7) is 0.0769. The highest BCUT2D eigenvalue weighted by Gasteiger charge is 2.44. The second-order valence-corrected chi connectivity index (χ2v) is 8.26. The van der Waals surface area contributed by atoms with Gasteiger partial charge in [-0.25, -0.2) is 0 Å². The predicted molar refractivity (Wildman–Crippen MR) is 119 cm³/mol. The number of carbonyl (C=O) groups excluding carboxylic acids is 1. The summed E-state index contributed by atoms with van der Waals surface area (Å²) in [5.41, 5.74) is 2.30. The van der Waals surface area contributed by atoms with E-state index in [0.717, 1.165) is 42.7 Å². The van der Waals surface area contributed by atoms with E-state index in [4.69, 9.17) is 9.47 Å². The van der Waals surface area contributed by atoms with Crippen LogP contribution in [0.4, 0.5) is 0 Å². The van der Waals surface area contributed by atoms with Crippen LogP contribution in [0.5, 0.6) is 11.5 Å². The Kier molecular flexibility index (Phi) is 5.57. The van der Waals surface area contributed by atoms with Gasteiger partial charge < -0.3 is 14.4 Å². The number of aromatic nitrogens is 1. The number of fused-ring (bicyclic) bond motifs is 2. The van der Waals surface area contributed by atoms with Crippen LogP contribution in [0, 0.1) is 0 Å². The lowest BCUT2D eigenvalue weighted by molar-refractivity contribution is -0.139. The van der Waals surface area contributed by atoms with Crippen molar-refractivity contribution >= 4 is 5.91 Å². The van der Waals surface area contributed by atoms with E-state index in [0.29, 0.717) is 0 Å². The van der Waals surface area contributed by atoms with Gasteiger partial charge in [-0.3, -0.25) is 9.78 Å². The van der Waals surface area contributed by atoms with E-state index in [1.54, 1.807) is 12.4 Å². The standard InChI is InChI=1S/C26H26N2O3/c29-26(18-30-23-10-6-20(7-11-23)19-4-2-1-3-5-19)28-21-8-9-22(28)17-25(16-21)31-24-12-14-27-15-13-24/h1-7,10-15,21-22,25H,8-9,16-18H2. The van der Waals surface area contributed by atoms with E-state index in [-0.39, 0.29) is 30.7 Å². The third-order valence-corrected chi connectivity index (χ3v) is 6.25. The van der Waals surface area contributed by atoms with Gasteiger partial charge in [0.25, 0.3) is 5.91 Å². The minimum absolute atomic E-state index is 0.0713. The molecule has 31 heavy (non-hydrogen) atoms. The van der Waals surface area contributed by atoms with Gasteiger partial charge in [-0.15, -0.1) is 0 Å². The molecule has 2 aromatic carbocycles. The van der Waals surface area contributed by atoms with Gasteiger partial charge in [0.1, 0.15) is 17.6 Å². The summed E-state index contributed by atoms with van der Waals surface area (Å²) in [5, 5.41) is 0. The molecule has 0 saturated carbocycles. The maximum atomic E-state index is 12.9. The summed E-state index contributed by atoms with van der Waals surface area (Å²) in [4.78, 5) is 19.0. The molecule has 0 spiro atoms. The van der Waals surface area contributed by atoms with E-state index >= 15 is 0 Å². The van der Waals surface area contributed by atoms with Gasteiger partial charge in [0.2, 0.25) is 0 Å². The number of pyridine rings is 1. The second kappa shape index (κ2) is 8.80. The number of ether oxygens (including phenoxy) is 2. The molecular weight excluding hydrogens is 388 g/mol. The largest absolute Gasteiger partial charge is 0.490 e. The number of carbonyl (C=O) groups is 1. The zero-order chi connectivity index (χ0) is 21.0. The first-order valence-electron chi connectivity index (χ1n) is 10.9. The third-order valence-electron chi connectivity index (χ3n) is 6.25. The van der Waals surface area contributed by atoms with Crippen molar-refractivity contribution in [2.24, 2.45) is 0 Å². The Bertz CT molecular complexity index is 994. The second-order valence-electron chi connectivity index (χ2n) is 8.26. The molecule has 1 aromatic heterocycles. The number of hydrogen-bond donors (Lipinski definition) is 0. The Hall–Kier alpha value is -3.34. The molecule has 2 bridgehead atoms. The number of rotatable bonds is 6. The van der Waals surface area contributed by atoms with Crippen molar-refractivity contribution in [2.75, 3.05) is 6.61 Å². The fourth-order valence-electron chi connectivity index (χ4n) is 4.83. The van der Waals surface area contributed by atoms with E-state index in [1.807, 2.05) is 59.5 Å². The molecule has 2 atom stereocenters. The molecule has 5 heteroatoms. The van der Waals surface area contributed by atoms with Crippen molar-refractivity contribution < 1.29 is 14.3 Å². The van der Waals surface area contributed by atoms with Gasteiger partial charge in [0, 0.05) is 37.3 Å². The molecule has 0 aliphatic carbocycles. The molecule has 3 aromatic rings. The molecule has 2 fully saturated rings. The van der Waals surface area contributed by atoms with Crippen LogP contribution < -0.4 is 9.47 Å². The van der Waals surface area contributed by atoms with Crippen molar-refractivity contribution in [3.8, 4) is 22.6 Å². The van der Waals surface area contributed by atoms with Crippen molar-refractivity contribution in [3.63, 3.8) is 0 Å². The maximum absolute atomic E-state index is 12.9. The number of benzene rings is 2. The molecule has 2 aliphatic heterocycles. The van der Waals surface area contributed by atoms with Crippen molar-refractivity contribution in [1.29, 1.82) is 0 Å². The number of amides is 1.